The molecule has 0 bridgehead atoms. The first-order chi connectivity index (χ1) is 12.4. The van der Waals surface area contributed by atoms with Gasteiger partial charge in [0, 0.05) is 28.8 Å². The molecule has 138 valence electrons. The molecule has 0 atom stereocenters. The predicted octanol–water partition coefficient (Wildman–Crippen LogP) is 3.01. The summed E-state index contributed by atoms with van der Waals surface area (Å²) in [5, 5.41) is 11.1. The zero-order valence-electron chi connectivity index (χ0n) is 13.5. The van der Waals surface area contributed by atoms with Gasteiger partial charge in [-0.2, -0.15) is 4.31 Å². The third kappa shape index (κ3) is 4.14. The lowest BCUT2D eigenvalue weighted by atomic mass is 10.3. The van der Waals surface area contributed by atoms with Crippen LogP contribution in [0, 0.1) is 13.7 Å². The highest BCUT2D eigenvalue weighted by Crippen LogP contribution is 2.34. The summed E-state index contributed by atoms with van der Waals surface area (Å²) >= 11 is 2.11. The summed E-state index contributed by atoms with van der Waals surface area (Å²) in [6, 6.07) is 10.6. The Morgan fingerprint density at radius 2 is 1.88 bits per heavy atom. The van der Waals surface area contributed by atoms with E-state index in [4.69, 9.17) is 9.47 Å². The topological polar surface area (TPSA) is 99.0 Å². The van der Waals surface area contributed by atoms with Crippen LogP contribution in [0.2, 0.25) is 0 Å². The number of rotatable bonds is 5. The van der Waals surface area contributed by atoms with Crippen molar-refractivity contribution < 1.29 is 22.8 Å². The zero-order chi connectivity index (χ0) is 18.7. The number of halogens is 1. The van der Waals surface area contributed by atoms with Gasteiger partial charge in [0.2, 0.25) is 10.0 Å². The average Bonchev–Trinajstić information content (AvgIpc) is 2.62. The minimum absolute atomic E-state index is 0.0455. The number of sulfonamides is 1. The van der Waals surface area contributed by atoms with E-state index < -0.39 is 14.9 Å². The van der Waals surface area contributed by atoms with Gasteiger partial charge in [-0.15, -0.1) is 0 Å². The quantitative estimate of drug-likeness (QED) is 0.363. The molecule has 8 nitrogen and oxygen atoms in total. The second-order valence-corrected chi connectivity index (χ2v) is 8.62. The summed E-state index contributed by atoms with van der Waals surface area (Å²) in [6.07, 6.45) is 0. The van der Waals surface area contributed by atoms with Crippen LogP contribution >= 0.6 is 22.6 Å². The van der Waals surface area contributed by atoms with Gasteiger partial charge in [0.05, 0.1) is 18.1 Å². The fourth-order valence-electron chi connectivity index (χ4n) is 2.48. The second kappa shape index (κ2) is 7.86. The summed E-state index contributed by atoms with van der Waals surface area (Å²) < 4.78 is 39.1. The summed E-state index contributed by atoms with van der Waals surface area (Å²) in [7, 11) is -3.96. The van der Waals surface area contributed by atoms with Crippen molar-refractivity contribution in [3.63, 3.8) is 0 Å². The van der Waals surface area contributed by atoms with Crippen LogP contribution in [0.3, 0.4) is 0 Å². The van der Waals surface area contributed by atoms with E-state index in [1.165, 1.54) is 16.4 Å². The minimum Gasteiger partial charge on any atom is -0.456 e. The van der Waals surface area contributed by atoms with E-state index in [-0.39, 0.29) is 42.6 Å². The van der Waals surface area contributed by atoms with E-state index in [2.05, 4.69) is 22.6 Å². The number of nitrogens with zero attached hydrogens (tertiary/aromatic N) is 2. The number of hydrogen-bond acceptors (Lipinski definition) is 6. The highest BCUT2D eigenvalue weighted by Gasteiger charge is 2.31. The van der Waals surface area contributed by atoms with Gasteiger partial charge >= 0.3 is 0 Å². The predicted molar refractivity (Wildman–Crippen MR) is 102 cm³/mol. The highest BCUT2D eigenvalue weighted by molar-refractivity contribution is 14.1. The van der Waals surface area contributed by atoms with Crippen LogP contribution in [0.1, 0.15) is 0 Å². The Balaban J connectivity index is 2.05. The molecule has 2 aromatic rings. The van der Waals surface area contributed by atoms with E-state index >= 15 is 0 Å². The molecular formula is C16H15IN2O6S. The summed E-state index contributed by atoms with van der Waals surface area (Å²) in [4.78, 5) is 10.2. The molecule has 0 amide bonds. The number of ether oxygens (including phenoxy) is 2. The van der Waals surface area contributed by atoms with Crippen LogP contribution in [0.4, 0.5) is 5.69 Å². The molecule has 1 heterocycles. The van der Waals surface area contributed by atoms with Crippen LogP contribution in [0.25, 0.3) is 0 Å². The molecule has 0 aliphatic carbocycles. The number of nitro groups is 1. The highest BCUT2D eigenvalue weighted by atomic mass is 127. The molecule has 26 heavy (non-hydrogen) atoms. The van der Waals surface area contributed by atoms with Crippen molar-refractivity contribution in [2.75, 3.05) is 26.3 Å². The lowest BCUT2D eigenvalue weighted by Gasteiger charge is -2.26. The molecule has 3 rings (SSSR count). The Kier molecular flexibility index (Phi) is 5.75. The van der Waals surface area contributed by atoms with E-state index in [1.807, 2.05) is 6.07 Å². The first-order valence-corrected chi connectivity index (χ1v) is 10.2. The van der Waals surface area contributed by atoms with E-state index in [0.29, 0.717) is 5.75 Å². The third-order valence-electron chi connectivity index (χ3n) is 3.75. The molecule has 1 aliphatic rings. The second-order valence-electron chi connectivity index (χ2n) is 5.46. The number of morpholine rings is 1. The van der Waals surface area contributed by atoms with Crippen molar-refractivity contribution in [3.8, 4) is 11.5 Å². The average molecular weight is 490 g/mol. The standard InChI is InChI=1S/C16H15IN2O6S/c17-12-2-1-3-14(10-12)25-15-5-4-13(19(20)21)11-16(15)26(22,23)18-6-8-24-9-7-18/h1-5,10-11H,6-9H2. The SMILES string of the molecule is O=[N+]([O-])c1ccc(Oc2cccc(I)c2)c(S(=O)(=O)N2CCOCC2)c1. The van der Waals surface area contributed by atoms with Crippen molar-refractivity contribution in [1.82, 2.24) is 4.31 Å². The molecular weight excluding hydrogens is 475 g/mol. The van der Waals surface area contributed by atoms with Crippen molar-refractivity contribution in [2.45, 2.75) is 4.90 Å². The maximum atomic E-state index is 13.0. The Morgan fingerprint density at radius 1 is 1.15 bits per heavy atom. The molecule has 1 fully saturated rings. The number of nitro benzene ring substituents is 1. The largest absolute Gasteiger partial charge is 0.456 e. The molecule has 1 saturated heterocycles. The minimum atomic E-state index is -3.96. The fraction of sp³-hybridized carbons (Fsp3) is 0.250. The number of non-ortho nitro benzene ring substituents is 1. The maximum absolute atomic E-state index is 13.0. The summed E-state index contributed by atoms with van der Waals surface area (Å²) in [5.41, 5.74) is -0.313. The van der Waals surface area contributed by atoms with Crippen LogP contribution in [-0.4, -0.2) is 43.9 Å². The first kappa shape index (κ1) is 19.0. The maximum Gasteiger partial charge on any atom is 0.271 e. The lowest BCUT2D eigenvalue weighted by molar-refractivity contribution is -0.385. The van der Waals surface area contributed by atoms with Crippen molar-refractivity contribution in [3.05, 3.63) is 56.1 Å². The van der Waals surface area contributed by atoms with E-state index in [1.54, 1.807) is 18.2 Å². The molecule has 0 N–H and O–H groups in total. The van der Waals surface area contributed by atoms with Gasteiger partial charge < -0.3 is 9.47 Å². The fourth-order valence-corrected chi connectivity index (χ4v) is 4.54. The Bertz CT molecular complexity index is 928. The monoisotopic (exact) mass is 490 g/mol. The van der Waals surface area contributed by atoms with Gasteiger partial charge in [0.25, 0.3) is 5.69 Å². The van der Waals surface area contributed by atoms with E-state index in [0.717, 1.165) is 9.64 Å². The van der Waals surface area contributed by atoms with Crippen molar-refractivity contribution in [2.24, 2.45) is 0 Å². The van der Waals surface area contributed by atoms with Crippen LogP contribution in [0.15, 0.2) is 47.4 Å². The molecule has 0 unspecified atom stereocenters. The number of hydrogen-bond donors (Lipinski definition) is 0. The van der Waals surface area contributed by atoms with Gasteiger partial charge in [-0.05, 0) is 46.9 Å². The zero-order valence-corrected chi connectivity index (χ0v) is 16.5. The van der Waals surface area contributed by atoms with Crippen LogP contribution in [0.5, 0.6) is 11.5 Å². The van der Waals surface area contributed by atoms with Gasteiger partial charge in [0.15, 0.2) is 0 Å². The van der Waals surface area contributed by atoms with Gasteiger partial charge in [-0.3, -0.25) is 10.1 Å². The Labute approximate surface area is 164 Å². The van der Waals surface area contributed by atoms with Gasteiger partial charge in [-0.25, -0.2) is 8.42 Å². The van der Waals surface area contributed by atoms with Crippen LogP contribution < -0.4 is 4.74 Å². The molecule has 0 saturated carbocycles. The Hall–Kier alpha value is -1.76. The molecule has 0 spiro atoms. The van der Waals surface area contributed by atoms with Crippen molar-refractivity contribution >= 4 is 38.3 Å². The smallest absolute Gasteiger partial charge is 0.271 e. The molecule has 1 aliphatic heterocycles. The molecule has 0 aromatic heterocycles. The normalized spacial score (nSPS) is 15.6. The molecule has 0 radical (unpaired) electrons. The molecule has 10 heteroatoms. The van der Waals surface area contributed by atoms with E-state index in [9.17, 15) is 18.5 Å². The first-order valence-electron chi connectivity index (χ1n) is 7.68. The van der Waals surface area contributed by atoms with Gasteiger partial charge in [0.1, 0.15) is 16.4 Å². The molecule has 2 aromatic carbocycles. The number of benzene rings is 2. The summed E-state index contributed by atoms with van der Waals surface area (Å²) in [6.45, 7) is 0.934. The van der Waals surface area contributed by atoms with Crippen LogP contribution in [-0.2, 0) is 14.8 Å². The van der Waals surface area contributed by atoms with Gasteiger partial charge in [-0.1, -0.05) is 6.07 Å². The Morgan fingerprint density at radius 3 is 2.54 bits per heavy atom. The lowest BCUT2D eigenvalue weighted by Crippen LogP contribution is -2.40. The summed E-state index contributed by atoms with van der Waals surface area (Å²) in [5.74, 6) is 0.494. The van der Waals surface area contributed by atoms with Crippen molar-refractivity contribution in [1.29, 1.82) is 0 Å². The third-order valence-corrected chi connectivity index (χ3v) is 6.34.